The zero-order valence-electron chi connectivity index (χ0n) is 11.0. The molecule has 6 heteroatoms. The molecule has 0 heterocycles. The number of ether oxygens (including phenoxy) is 1. The van der Waals surface area contributed by atoms with Crippen molar-refractivity contribution in [3.05, 3.63) is 35.4 Å². The Morgan fingerprint density at radius 2 is 1.95 bits per heavy atom. The number of carbonyl (C=O) groups is 3. The normalized spacial score (nSPS) is 11.3. The molecule has 0 saturated carbocycles. The van der Waals surface area contributed by atoms with Crippen molar-refractivity contribution in [1.82, 2.24) is 10.6 Å². The fourth-order valence-electron chi connectivity index (χ4n) is 1.33. The average Bonchev–Trinajstić information content (AvgIpc) is 2.38. The van der Waals surface area contributed by atoms with Crippen molar-refractivity contribution in [2.75, 3.05) is 7.05 Å². The highest BCUT2D eigenvalue weighted by atomic mass is 16.5. The quantitative estimate of drug-likeness (QED) is 0.797. The highest BCUT2D eigenvalue weighted by Gasteiger charge is 2.20. The second-order valence-electron chi connectivity index (χ2n) is 3.99. The number of amides is 3. The van der Waals surface area contributed by atoms with Gasteiger partial charge in [0, 0.05) is 7.05 Å². The molecule has 0 aliphatic carbocycles. The number of imide groups is 1. The first-order valence-corrected chi connectivity index (χ1v) is 5.74. The molecule has 0 aliphatic heterocycles. The van der Waals surface area contributed by atoms with E-state index in [2.05, 4.69) is 5.32 Å². The van der Waals surface area contributed by atoms with Crippen molar-refractivity contribution in [3.63, 3.8) is 0 Å². The lowest BCUT2D eigenvalue weighted by Gasteiger charge is -2.12. The number of urea groups is 1. The van der Waals surface area contributed by atoms with Crippen molar-refractivity contribution in [1.29, 1.82) is 0 Å². The molecule has 0 aliphatic rings. The van der Waals surface area contributed by atoms with Crippen molar-refractivity contribution in [2.24, 2.45) is 0 Å². The Bertz CT molecular complexity index is 499. The van der Waals surface area contributed by atoms with E-state index in [1.165, 1.54) is 14.0 Å². The first-order valence-electron chi connectivity index (χ1n) is 5.74. The second kappa shape index (κ2) is 6.53. The maximum atomic E-state index is 11.8. The van der Waals surface area contributed by atoms with E-state index in [1.54, 1.807) is 18.2 Å². The first kappa shape index (κ1) is 14.7. The van der Waals surface area contributed by atoms with Crippen LogP contribution in [0.25, 0.3) is 0 Å². The van der Waals surface area contributed by atoms with Gasteiger partial charge in [-0.15, -0.1) is 0 Å². The van der Waals surface area contributed by atoms with E-state index in [4.69, 9.17) is 4.74 Å². The standard InChI is InChI=1S/C13H16N2O4/c1-8-5-4-6-10(7-8)12(17)19-9(2)11(16)15-13(18)14-3/h4-7,9H,1-3H3,(H2,14,15,16,18)/t9-/m0/s1. The van der Waals surface area contributed by atoms with Gasteiger partial charge < -0.3 is 10.1 Å². The summed E-state index contributed by atoms with van der Waals surface area (Å²) in [4.78, 5) is 34.2. The Balaban J connectivity index is 2.61. The van der Waals surface area contributed by atoms with E-state index in [9.17, 15) is 14.4 Å². The molecule has 0 bridgehead atoms. The summed E-state index contributed by atoms with van der Waals surface area (Å²) < 4.78 is 4.97. The minimum Gasteiger partial charge on any atom is -0.449 e. The summed E-state index contributed by atoms with van der Waals surface area (Å²) in [7, 11) is 1.38. The van der Waals surface area contributed by atoms with E-state index >= 15 is 0 Å². The van der Waals surface area contributed by atoms with Crippen molar-refractivity contribution in [2.45, 2.75) is 20.0 Å². The van der Waals surface area contributed by atoms with Gasteiger partial charge in [-0.25, -0.2) is 9.59 Å². The summed E-state index contributed by atoms with van der Waals surface area (Å²) in [5, 5.41) is 4.26. The molecule has 1 aromatic rings. The number of aryl methyl sites for hydroxylation is 1. The van der Waals surface area contributed by atoms with Gasteiger partial charge in [0.05, 0.1) is 5.56 Å². The average molecular weight is 264 g/mol. The van der Waals surface area contributed by atoms with E-state index in [-0.39, 0.29) is 0 Å². The molecule has 19 heavy (non-hydrogen) atoms. The Labute approximate surface area is 111 Å². The third-order valence-electron chi connectivity index (χ3n) is 2.37. The van der Waals surface area contributed by atoms with Gasteiger partial charge in [-0.2, -0.15) is 0 Å². The van der Waals surface area contributed by atoms with Gasteiger partial charge in [-0.05, 0) is 26.0 Å². The second-order valence-corrected chi connectivity index (χ2v) is 3.99. The highest BCUT2D eigenvalue weighted by molar-refractivity contribution is 5.98. The maximum absolute atomic E-state index is 11.8. The van der Waals surface area contributed by atoms with Crippen LogP contribution in [0.4, 0.5) is 4.79 Å². The molecular weight excluding hydrogens is 248 g/mol. The van der Waals surface area contributed by atoms with Gasteiger partial charge in [0.25, 0.3) is 5.91 Å². The minimum atomic E-state index is -1.05. The Morgan fingerprint density at radius 1 is 1.26 bits per heavy atom. The largest absolute Gasteiger partial charge is 0.449 e. The lowest BCUT2D eigenvalue weighted by Crippen LogP contribution is -2.43. The summed E-state index contributed by atoms with van der Waals surface area (Å²) in [5.41, 5.74) is 1.27. The number of nitrogens with one attached hydrogen (secondary N) is 2. The summed E-state index contributed by atoms with van der Waals surface area (Å²) in [6, 6.07) is 6.17. The highest BCUT2D eigenvalue weighted by Crippen LogP contribution is 2.07. The van der Waals surface area contributed by atoms with Crippen LogP contribution < -0.4 is 10.6 Å². The van der Waals surface area contributed by atoms with Crippen molar-refractivity contribution < 1.29 is 19.1 Å². The minimum absolute atomic E-state index is 0.361. The van der Waals surface area contributed by atoms with Gasteiger partial charge in [0.2, 0.25) is 0 Å². The Morgan fingerprint density at radius 3 is 2.53 bits per heavy atom. The summed E-state index contributed by atoms with van der Waals surface area (Å²) in [6.07, 6.45) is -1.05. The van der Waals surface area contributed by atoms with Crippen LogP contribution in [-0.2, 0) is 9.53 Å². The number of benzene rings is 1. The van der Waals surface area contributed by atoms with Gasteiger partial charge in [0.1, 0.15) is 0 Å². The molecule has 102 valence electrons. The van der Waals surface area contributed by atoms with Crippen molar-refractivity contribution >= 4 is 17.9 Å². The molecule has 2 N–H and O–H groups in total. The van der Waals surface area contributed by atoms with E-state index in [0.717, 1.165) is 5.56 Å². The van der Waals surface area contributed by atoms with Gasteiger partial charge in [0.15, 0.2) is 6.10 Å². The molecule has 0 aromatic heterocycles. The molecule has 1 rings (SSSR count). The number of carbonyl (C=O) groups excluding carboxylic acids is 3. The van der Waals surface area contributed by atoms with Crippen LogP contribution in [0.5, 0.6) is 0 Å². The molecular formula is C13H16N2O4. The topological polar surface area (TPSA) is 84.5 Å². The molecule has 0 saturated heterocycles. The van der Waals surface area contributed by atoms with Gasteiger partial charge >= 0.3 is 12.0 Å². The zero-order valence-corrected chi connectivity index (χ0v) is 11.0. The van der Waals surface area contributed by atoms with E-state index in [0.29, 0.717) is 5.56 Å². The van der Waals surface area contributed by atoms with E-state index in [1.807, 2.05) is 18.3 Å². The molecule has 0 fully saturated rings. The van der Waals surface area contributed by atoms with Crippen LogP contribution in [0.1, 0.15) is 22.8 Å². The van der Waals surface area contributed by atoms with Crippen LogP contribution >= 0.6 is 0 Å². The summed E-state index contributed by atoms with van der Waals surface area (Å²) in [5.74, 6) is -1.29. The van der Waals surface area contributed by atoms with E-state index < -0.39 is 24.0 Å². The van der Waals surface area contributed by atoms with Crippen LogP contribution in [-0.4, -0.2) is 31.1 Å². The molecule has 1 atom stereocenters. The van der Waals surface area contributed by atoms with Gasteiger partial charge in [-0.3, -0.25) is 10.1 Å². The zero-order chi connectivity index (χ0) is 14.4. The van der Waals surface area contributed by atoms with Crippen LogP contribution in [0.2, 0.25) is 0 Å². The van der Waals surface area contributed by atoms with Gasteiger partial charge in [-0.1, -0.05) is 17.7 Å². The smallest absolute Gasteiger partial charge is 0.338 e. The third-order valence-corrected chi connectivity index (χ3v) is 2.37. The van der Waals surface area contributed by atoms with Crippen LogP contribution in [0, 0.1) is 6.92 Å². The predicted molar refractivity (Wildman–Crippen MR) is 68.7 cm³/mol. The molecule has 6 nitrogen and oxygen atoms in total. The molecule has 3 amide bonds. The molecule has 0 unspecified atom stereocenters. The lowest BCUT2D eigenvalue weighted by molar-refractivity contribution is -0.127. The summed E-state index contributed by atoms with van der Waals surface area (Å²) >= 11 is 0. The molecule has 0 spiro atoms. The Kier molecular flexibility index (Phi) is 5.05. The monoisotopic (exact) mass is 264 g/mol. The number of rotatable bonds is 3. The number of hydrogen-bond donors (Lipinski definition) is 2. The fourth-order valence-corrected chi connectivity index (χ4v) is 1.33. The lowest BCUT2D eigenvalue weighted by atomic mass is 10.1. The molecule has 0 radical (unpaired) electrons. The van der Waals surface area contributed by atoms with Crippen LogP contribution in [0.15, 0.2) is 24.3 Å². The summed E-state index contributed by atoms with van der Waals surface area (Å²) in [6.45, 7) is 3.24. The number of hydrogen-bond acceptors (Lipinski definition) is 4. The third kappa shape index (κ3) is 4.42. The number of esters is 1. The molecule has 1 aromatic carbocycles. The Hall–Kier alpha value is -2.37. The predicted octanol–water partition coefficient (Wildman–Crippen LogP) is 0.996. The maximum Gasteiger partial charge on any atom is 0.338 e. The van der Waals surface area contributed by atoms with Crippen molar-refractivity contribution in [3.8, 4) is 0 Å². The fraction of sp³-hybridized carbons (Fsp3) is 0.308. The first-order chi connectivity index (χ1) is 8.93. The van der Waals surface area contributed by atoms with Crippen LogP contribution in [0.3, 0.4) is 0 Å². The SMILES string of the molecule is CNC(=O)NC(=O)[C@H](C)OC(=O)c1cccc(C)c1.